The number of hydrogen-bond donors (Lipinski definition) is 1. The fourth-order valence-corrected chi connectivity index (χ4v) is 3.89. The summed E-state index contributed by atoms with van der Waals surface area (Å²) in [7, 11) is 0. The molecular formula is C20H16N4O2S2. The third kappa shape index (κ3) is 4.65. The minimum atomic E-state index is -0.121. The van der Waals surface area contributed by atoms with E-state index in [0.717, 1.165) is 21.7 Å². The van der Waals surface area contributed by atoms with Gasteiger partial charge in [0, 0.05) is 17.0 Å². The highest BCUT2D eigenvalue weighted by atomic mass is 32.2. The van der Waals surface area contributed by atoms with Crippen LogP contribution in [0.25, 0.3) is 10.9 Å². The van der Waals surface area contributed by atoms with Crippen LogP contribution in [0.15, 0.2) is 71.2 Å². The molecule has 8 heteroatoms. The molecule has 0 aliphatic rings. The molecule has 4 rings (SSSR count). The number of nitrogens with zero attached hydrogens (tertiary/aromatic N) is 3. The van der Waals surface area contributed by atoms with Gasteiger partial charge in [-0.05, 0) is 18.2 Å². The number of amides is 1. The number of rotatable bonds is 7. The molecule has 0 saturated carbocycles. The van der Waals surface area contributed by atoms with Gasteiger partial charge in [0.25, 0.3) is 0 Å². The van der Waals surface area contributed by atoms with Crippen molar-refractivity contribution in [1.82, 2.24) is 15.0 Å². The van der Waals surface area contributed by atoms with Crippen molar-refractivity contribution >= 4 is 45.0 Å². The molecule has 6 nitrogen and oxygen atoms in total. The molecule has 2 heterocycles. The first-order valence-corrected chi connectivity index (χ1v) is 10.4. The van der Waals surface area contributed by atoms with Gasteiger partial charge < -0.3 is 10.1 Å². The van der Waals surface area contributed by atoms with Gasteiger partial charge >= 0.3 is 0 Å². The van der Waals surface area contributed by atoms with Gasteiger partial charge in [-0.2, -0.15) is 0 Å². The van der Waals surface area contributed by atoms with Gasteiger partial charge in [-0.15, -0.1) is 11.3 Å². The zero-order valence-electron chi connectivity index (χ0n) is 14.7. The number of aromatic nitrogens is 3. The lowest BCUT2D eigenvalue weighted by Crippen LogP contribution is -2.14. The molecule has 0 aliphatic carbocycles. The summed E-state index contributed by atoms with van der Waals surface area (Å²) in [6.07, 6.45) is 1.66. The quantitative estimate of drug-likeness (QED) is 0.361. The molecule has 2 aromatic heterocycles. The van der Waals surface area contributed by atoms with Crippen LogP contribution in [0.1, 0.15) is 5.82 Å². The SMILES string of the molecule is O=C(CSc1nc(COc2ccccc2)nc2ccccc12)Nc1nccs1. The standard InChI is InChI=1S/C20H16N4O2S2/c25-18(24-20-21-10-11-27-20)13-28-19-15-8-4-5-9-16(15)22-17(23-19)12-26-14-6-2-1-3-7-14/h1-11H,12-13H2,(H,21,24,25). The van der Waals surface area contributed by atoms with Crippen molar-refractivity contribution in [3.63, 3.8) is 0 Å². The smallest absolute Gasteiger partial charge is 0.236 e. The Balaban J connectivity index is 1.50. The van der Waals surface area contributed by atoms with Crippen LogP contribution in [0.4, 0.5) is 5.13 Å². The van der Waals surface area contributed by atoms with Gasteiger partial charge in [0.05, 0.1) is 11.3 Å². The minimum Gasteiger partial charge on any atom is -0.486 e. The molecule has 0 radical (unpaired) electrons. The largest absolute Gasteiger partial charge is 0.486 e. The lowest BCUT2D eigenvalue weighted by Gasteiger charge is -2.09. The second-order valence-electron chi connectivity index (χ2n) is 5.74. The topological polar surface area (TPSA) is 77.0 Å². The molecule has 0 atom stereocenters. The van der Waals surface area contributed by atoms with Crippen LogP contribution in [-0.4, -0.2) is 26.6 Å². The number of carbonyl (C=O) groups excluding carboxylic acids is 1. The molecular weight excluding hydrogens is 392 g/mol. The number of nitrogens with one attached hydrogen (secondary N) is 1. The third-order valence-electron chi connectivity index (χ3n) is 3.74. The Labute approximate surface area is 170 Å². The van der Waals surface area contributed by atoms with Crippen molar-refractivity contribution in [1.29, 1.82) is 0 Å². The van der Waals surface area contributed by atoms with Gasteiger partial charge in [-0.1, -0.05) is 48.2 Å². The average Bonchev–Trinajstić information content (AvgIpc) is 3.24. The maximum Gasteiger partial charge on any atom is 0.236 e. The molecule has 0 fully saturated rings. The number of anilines is 1. The van der Waals surface area contributed by atoms with E-state index in [1.165, 1.54) is 23.1 Å². The molecule has 0 unspecified atom stereocenters. The van der Waals surface area contributed by atoms with Crippen LogP contribution in [0, 0.1) is 0 Å². The molecule has 0 spiro atoms. The number of fused-ring (bicyclic) bond motifs is 1. The number of thiazole rings is 1. The summed E-state index contributed by atoms with van der Waals surface area (Å²) in [5, 5.41) is 6.86. The Morgan fingerprint density at radius 2 is 1.89 bits per heavy atom. The molecule has 4 aromatic rings. The molecule has 0 saturated heterocycles. The van der Waals surface area contributed by atoms with Gasteiger partial charge in [-0.3, -0.25) is 4.79 Å². The van der Waals surface area contributed by atoms with E-state index in [4.69, 9.17) is 4.74 Å². The Bertz CT molecular complexity index is 1070. The summed E-state index contributed by atoms with van der Waals surface area (Å²) in [5.41, 5.74) is 0.826. The predicted octanol–water partition coefficient (Wildman–Crippen LogP) is 4.40. The summed E-state index contributed by atoms with van der Waals surface area (Å²) in [4.78, 5) is 25.4. The van der Waals surface area contributed by atoms with E-state index in [0.29, 0.717) is 11.0 Å². The summed E-state index contributed by atoms with van der Waals surface area (Å²) in [6.45, 7) is 0.258. The first-order valence-electron chi connectivity index (χ1n) is 8.53. The van der Waals surface area contributed by atoms with E-state index >= 15 is 0 Å². The molecule has 1 N–H and O–H groups in total. The zero-order chi connectivity index (χ0) is 19.2. The van der Waals surface area contributed by atoms with Crippen LogP contribution in [0.3, 0.4) is 0 Å². The highest BCUT2D eigenvalue weighted by molar-refractivity contribution is 8.00. The van der Waals surface area contributed by atoms with Crippen molar-refractivity contribution < 1.29 is 9.53 Å². The number of benzene rings is 2. The molecule has 0 bridgehead atoms. The minimum absolute atomic E-state index is 0.121. The summed E-state index contributed by atoms with van der Waals surface area (Å²) in [5.74, 6) is 1.45. The van der Waals surface area contributed by atoms with E-state index in [9.17, 15) is 4.79 Å². The highest BCUT2D eigenvalue weighted by Crippen LogP contribution is 2.26. The van der Waals surface area contributed by atoms with E-state index in [2.05, 4.69) is 20.3 Å². The second-order valence-corrected chi connectivity index (χ2v) is 7.60. The normalized spacial score (nSPS) is 10.7. The molecule has 0 aliphatic heterocycles. The number of ether oxygens (including phenoxy) is 1. The van der Waals surface area contributed by atoms with Crippen LogP contribution < -0.4 is 10.1 Å². The van der Waals surface area contributed by atoms with Crippen LogP contribution in [0.2, 0.25) is 0 Å². The highest BCUT2D eigenvalue weighted by Gasteiger charge is 2.12. The van der Waals surface area contributed by atoms with Crippen molar-refractivity contribution in [2.75, 3.05) is 11.1 Å². The Hall–Kier alpha value is -2.97. The fourth-order valence-electron chi connectivity index (χ4n) is 2.51. The molecule has 1 amide bonds. The lowest BCUT2D eigenvalue weighted by molar-refractivity contribution is -0.113. The molecule has 28 heavy (non-hydrogen) atoms. The zero-order valence-corrected chi connectivity index (χ0v) is 16.4. The summed E-state index contributed by atoms with van der Waals surface area (Å²) in [6, 6.07) is 17.3. The summed E-state index contributed by atoms with van der Waals surface area (Å²) >= 11 is 2.76. The van der Waals surface area contributed by atoms with E-state index in [1.807, 2.05) is 60.0 Å². The van der Waals surface area contributed by atoms with Crippen molar-refractivity contribution in [3.8, 4) is 5.75 Å². The van der Waals surface area contributed by atoms with E-state index in [-0.39, 0.29) is 18.3 Å². The first kappa shape index (κ1) is 18.4. The number of carbonyl (C=O) groups is 1. The van der Waals surface area contributed by atoms with Gasteiger partial charge in [0.2, 0.25) is 5.91 Å². The lowest BCUT2D eigenvalue weighted by atomic mass is 10.2. The Morgan fingerprint density at radius 1 is 1.07 bits per heavy atom. The average molecular weight is 409 g/mol. The van der Waals surface area contributed by atoms with Crippen LogP contribution in [-0.2, 0) is 11.4 Å². The maximum atomic E-state index is 12.2. The third-order valence-corrected chi connectivity index (χ3v) is 5.42. The molecule has 2 aromatic carbocycles. The second kappa shape index (κ2) is 8.81. The van der Waals surface area contributed by atoms with Gasteiger partial charge in [-0.25, -0.2) is 15.0 Å². The number of thioether (sulfide) groups is 1. The van der Waals surface area contributed by atoms with Gasteiger partial charge in [0.15, 0.2) is 11.0 Å². The monoisotopic (exact) mass is 408 g/mol. The predicted molar refractivity (Wildman–Crippen MR) is 112 cm³/mol. The van der Waals surface area contributed by atoms with Crippen molar-refractivity contribution in [2.24, 2.45) is 0 Å². The van der Waals surface area contributed by atoms with Crippen LogP contribution in [0.5, 0.6) is 5.75 Å². The Morgan fingerprint density at radius 3 is 2.71 bits per heavy atom. The van der Waals surface area contributed by atoms with Crippen molar-refractivity contribution in [2.45, 2.75) is 11.6 Å². The van der Waals surface area contributed by atoms with Crippen molar-refractivity contribution in [3.05, 3.63) is 72.0 Å². The van der Waals surface area contributed by atoms with Crippen LogP contribution >= 0.6 is 23.1 Å². The van der Waals surface area contributed by atoms with E-state index in [1.54, 1.807) is 6.20 Å². The first-order chi connectivity index (χ1) is 13.8. The van der Waals surface area contributed by atoms with Gasteiger partial charge in [0.1, 0.15) is 17.4 Å². The maximum absolute atomic E-state index is 12.2. The Kier molecular flexibility index (Phi) is 5.79. The number of hydrogen-bond acceptors (Lipinski definition) is 7. The van der Waals surface area contributed by atoms with E-state index < -0.39 is 0 Å². The molecule has 140 valence electrons. The fraction of sp³-hybridized carbons (Fsp3) is 0.100. The number of para-hydroxylation sites is 2. The summed E-state index contributed by atoms with van der Waals surface area (Å²) < 4.78 is 5.77.